The van der Waals surface area contributed by atoms with Crippen molar-refractivity contribution in [2.75, 3.05) is 27.2 Å². The fourth-order valence-electron chi connectivity index (χ4n) is 2.31. The Labute approximate surface area is 148 Å². The van der Waals surface area contributed by atoms with Crippen molar-refractivity contribution < 1.29 is 4.74 Å². The molecule has 0 saturated heterocycles. The van der Waals surface area contributed by atoms with Crippen molar-refractivity contribution in [3.05, 3.63) is 64.9 Å². The third kappa shape index (κ3) is 5.83. The van der Waals surface area contributed by atoms with Crippen LogP contribution in [-0.2, 0) is 11.2 Å². The molecule has 1 heterocycles. The van der Waals surface area contributed by atoms with Gasteiger partial charge in [-0.1, -0.05) is 29.8 Å². The fourth-order valence-corrected chi connectivity index (χ4v) is 2.51. The van der Waals surface area contributed by atoms with Crippen LogP contribution in [0, 0.1) is 0 Å². The summed E-state index contributed by atoms with van der Waals surface area (Å²) in [6.07, 6.45) is 2.54. The number of halogens is 1. The van der Waals surface area contributed by atoms with Crippen LogP contribution in [0.5, 0.6) is 0 Å². The molecule has 1 aromatic carbocycles. The topological polar surface area (TPSA) is 58.5 Å². The molecule has 0 spiro atoms. The lowest BCUT2D eigenvalue weighted by atomic mass is 10.1. The van der Waals surface area contributed by atoms with Crippen LogP contribution in [0.3, 0.4) is 0 Å². The van der Waals surface area contributed by atoms with Crippen LogP contribution in [-0.4, -0.2) is 38.2 Å². The van der Waals surface area contributed by atoms with Crippen LogP contribution in [0.15, 0.2) is 53.7 Å². The number of hydrogen-bond acceptors (Lipinski definition) is 3. The van der Waals surface area contributed by atoms with Gasteiger partial charge in [-0.05, 0) is 29.8 Å². The van der Waals surface area contributed by atoms with E-state index in [0.29, 0.717) is 11.6 Å². The molecule has 1 atom stereocenters. The van der Waals surface area contributed by atoms with Gasteiger partial charge in [-0.25, -0.2) is 0 Å². The minimum absolute atomic E-state index is 0.0990. The highest BCUT2D eigenvalue weighted by Gasteiger charge is 2.11. The number of aliphatic imine (C=N–C) groups is 1. The predicted octanol–water partition coefficient (Wildman–Crippen LogP) is 2.83. The zero-order valence-electron chi connectivity index (χ0n) is 14.0. The standard InChI is InChI=1S/C18H23ClN4O/c1-20-18(22-11-9-16-8-3-4-10-21-16)23-13-17(24-2)14-6-5-7-15(19)12-14/h3-8,10,12,17H,9,11,13H2,1-2H3,(H2,20,22,23). The lowest BCUT2D eigenvalue weighted by Gasteiger charge is -2.19. The van der Waals surface area contributed by atoms with Gasteiger partial charge in [0.15, 0.2) is 5.96 Å². The van der Waals surface area contributed by atoms with Gasteiger partial charge in [0, 0.05) is 50.6 Å². The van der Waals surface area contributed by atoms with Gasteiger partial charge in [0.1, 0.15) is 0 Å². The summed E-state index contributed by atoms with van der Waals surface area (Å²) in [6.45, 7) is 1.35. The van der Waals surface area contributed by atoms with E-state index in [1.54, 1.807) is 20.4 Å². The average molecular weight is 347 g/mol. The lowest BCUT2D eigenvalue weighted by molar-refractivity contribution is 0.106. The number of aromatic nitrogens is 1. The first-order valence-electron chi connectivity index (χ1n) is 7.85. The van der Waals surface area contributed by atoms with E-state index in [2.05, 4.69) is 20.6 Å². The second-order valence-corrected chi connectivity index (χ2v) is 5.67. The molecule has 0 fully saturated rings. The molecule has 0 aliphatic rings. The molecule has 2 aromatic rings. The zero-order valence-corrected chi connectivity index (χ0v) is 14.8. The number of ether oxygens (including phenoxy) is 1. The van der Waals surface area contributed by atoms with Crippen LogP contribution in [0.4, 0.5) is 0 Å². The number of methoxy groups -OCH3 is 1. The molecule has 128 valence electrons. The zero-order chi connectivity index (χ0) is 17.2. The lowest BCUT2D eigenvalue weighted by Crippen LogP contribution is -2.40. The monoisotopic (exact) mass is 346 g/mol. The SMILES string of the molecule is CN=C(NCCc1ccccn1)NCC(OC)c1cccc(Cl)c1. The summed E-state index contributed by atoms with van der Waals surface area (Å²) in [6, 6.07) is 13.6. The maximum atomic E-state index is 6.04. The molecule has 1 unspecified atom stereocenters. The largest absolute Gasteiger partial charge is 0.375 e. The summed E-state index contributed by atoms with van der Waals surface area (Å²) in [5.74, 6) is 0.731. The summed E-state index contributed by atoms with van der Waals surface area (Å²) in [5.41, 5.74) is 2.08. The number of nitrogens with zero attached hydrogens (tertiary/aromatic N) is 2. The molecule has 24 heavy (non-hydrogen) atoms. The van der Waals surface area contributed by atoms with E-state index in [-0.39, 0.29) is 6.10 Å². The molecule has 0 aliphatic carbocycles. The third-order valence-electron chi connectivity index (χ3n) is 3.58. The number of guanidine groups is 1. The molecule has 0 aliphatic heterocycles. The van der Waals surface area contributed by atoms with Gasteiger partial charge in [-0.2, -0.15) is 0 Å². The molecule has 2 N–H and O–H groups in total. The minimum atomic E-state index is -0.0990. The maximum absolute atomic E-state index is 6.04. The highest BCUT2D eigenvalue weighted by atomic mass is 35.5. The molecule has 6 heteroatoms. The number of rotatable bonds is 7. The molecule has 0 saturated carbocycles. The Morgan fingerprint density at radius 3 is 2.79 bits per heavy atom. The van der Waals surface area contributed by atoms with Crippen molar-refractivity contribution in [3.8, 4) is 0 Å². The highest BCUT2D eigenvalue weighted by molar-refractivity contribution is 6.30. The van der Waals surface area contributed by atoms with Gasteiger partial charge < -0.3 is 15.4 Å². The van der Waals surface area contributed by atoms with Crippen molar-refractivity contribution in [1.82, 2.24) is 15.6 Å². The van der Waals surface area contributed by atoms with E-state index in [1.807, 2.05) is 42.5 Å². The van der Waals surface area contributed by atoms with E-state index >= 15 is 0 Å². The van der Waals surface area contributed by atoms with Crippen molar-refractivity contribution in [2.45, 2.75) is 12.5 Å². The highest BCUT2D eigenvalue weighted by Crippen LogP contribution is 2.19. The molecular weight excluding hydrogens is 324 g/mol. The number of pyridine rings is 1. The first kappa shape index (κ1) is 18.2. The molecule has 0 bridgehead atoms. The average Bonchev–Trinajstić information content (AvgIpc) is 2.61. The smallest absolute Gasteiger partial charge is 0.191 e. The molecule has 0 radical (unpaired) electrons. The minimum Gasteiger partial charge on any atom is -0.375 e. The molecule has 5 nitrogen and oxygen atoms in total. The first-order valence-corrected chi connectivity index (χ1v) is 8.23. The molecule has 1 aromatic heterocycles. The van der Waals surface area contributed by atoms with Crippen molar-refractivity contribution >= 4 is 17.6 Å². The number of nitrogens with one attached hydrogen (secondary N) is 2. The Balaban J connectivity index is 1.81. The van der Waals surface area contributed by atoms with Gasteiger partial charge in [-0.3, -0.25) is 9.98 Å². The normalized spacial score (nSPS) is 12.7. The Bertz CT molecular complexity index is 648. The maximum Gasteiger partial charge on any atom is 0.191 e. The van der Waals surface area contributed by atoms with Gasteiger partial charge in [0.25, 0.3) is 0 Å². The Morgan fingerprint density at radius 2 is 2.12 bits per heavy atom. The van der Waals surface area contributed by atoms with Gasteiger partial charge in [0.05, 0.1) is 6.10 Å². The number of benzene rings is 1. The summed E-state index contributed by atoms with van der Waals surface area (Å²) in [7, 11) is 3.43. The summed E-state index contributed by atoms with van der Waals surface area (Å²) >= 11 is 6.04. The van der Waals surface area contributed by atoms with E-state index in [1.165, 1.54) is 0 Å². The predicted molar refractivity (Wildman–Crippen MR) is 98.5 cm³/mol. The molecule has 0 amide bonds. The van der Waals surface area contributed by atoms with Crippen LogP contribution < -0.4 is 10.6 Å². The van der Waals surface area contributed by atoms with Crippen LogP contribution in [0.1, 0.15) is 17.4 Å². The Morgan fingerprint density at radius 1 is 1.25 bits per heavy atom. The van der Waals surface area contributed by atoms with E-state index in [9.17, 15) is 0 Å². The van der Waals surface area contributed by atoms with E-state index < -0.39 is 0 Å². The van der Waals surface area contributed by atoms with Crippen molar-refractivity contribution in [2.24, 2.45) is 4.99 Å². The van der Waals surface area contributed by atoms with Crippen molar-refractivity contribution in [1.29, 1.82) is 0 Å². The summed E-state index contributed by atoms with van der Waals surface area (Å²) in [5, 5.41) is 7.25. The van der Waals surface area contributed by atoms with E-state index in [4.69, 9.17) is 16.3 Å². The number of hydrogen-bond donors (Lipinski definition) is 2. The van der Waals surface area contributed by atoms with Gasteiger partial charge >= 0.3 is 0 Å². The summed E-state index contributed by atoms with van der Waals surface area (Å²) in [4.78, 5) is 8.53. The van der Waals surface area contributed by atoms with E-state index in [0.717, 1.165) is 30.2 Å². The Hall–Kier alpha value is -2.11. The quantitative estimate of drug-likeness (QED) is 0.598. The van der Waals surface area contributed by atoms with Crippen LogP contribution in [0.2, 0.25) is 5.02 Å². The van der Waals surface area contributed by atoms with Crippen molar-refractivity contribution in [3.63, 3.8) is 0 Å². The third-order valence-corrected chi connectivity index (χ3v) is 3.82. The summed E-state index contributed by atoms with van der Waals surface area (Å²) < 4.78 is 5.55. The van der Waals surface area contributed by atoms with Gasteiger partial charge in [-0.15, -0.1) is 0 Å². The molecular formula is C18H23ClN4O. The second kappa shape index (κ2) is 9.90. The van der Waals surface area contributed by atoms with Crippen LogP contribution >= 0.6 is 11.6 Å². The molecule has 2 rings (SSSR count). The second-order valence-electron chi connectivity index (χ2n) is 5.23. The fraction of sp³-hybridized carbons (Fsp3) is 0.333. The first-order chi connectivity index (χ1) is 11.7. The van der Waals surface area contributed by atoms with Gasteiger partial charge in [0.2, 0.25) is 0 Å². The Kier molecular flexibility index (Phi) is 7.52. The van der Waals surface area contributed by atoms with Crippen LogP contribution in [0.25, 0.3) is 0 Å².